The van der Waals surface area contributed by atoms with Crippen LogP contribution in [0.2, 0.25) is 5.02 Å². The Bertz CT molecular complexity index is 1160. The molecule has 0 amide bonds. The van der Waals surface area contributed by atoms with Crippen LogP contribution >= 0.6 is 11.6 Å². The van der Waals surface area contributed by atoms with Crippen molar-refractivity contribution in [2.24, 2.45) is 0 Å². The van der Waals surface area contributed by atoms with Gasteiger partial charge in [-0.15, -0.1) is 0 Å². The summed E-state index contributed by atoms with van der Waals surface area (Å²) in [5.74, 6) is 2.46. The molecule has 0 bridgehead atoms. The van der Waals surface area contributed by atoms with Crippen LogP contribution in [0.15, 0.2) is 79.1 Å². The number of hydrogen-bond acceptors (Lipinski definition) is 4. The number of rotatable bonds is 5. The minimum Gasteiger partial charge on any atom is -0.456 e. The van der Waals surface area contributed by atoms with Gasteiger partial charge in [0.25, 0.3) is 0 Å². The summed E-state index contributed by atoms with van der Waals surface area (Å²) in [6.07, 6.45) is 3.31. The van der Waals surface area contributed by atoms with Crippen LogP contribution in [-0.2, 0) is 0 Å². The molecule has 5 heteroatoms. The number of Topliss-reactive ketones (excluding diaryl/α,β-unsaturated/α-hetero) is 1. The van der Waals surface area contributed by atoms with E-state index in [0.29, 0.717) is 33.6 Å². The first-order valence-corrected chi connectivity index (χ1v) is 9.06. The molecule has 28 heavy (non-hydrogen) atoms. The fraction of sp³-hybridized carbons (Fsp3) is 0.0435. The predicted octanol–water partition coefficient (Wildman–Crippen LogP) is 6.68. The van der Waals surface area contributed by atoms with Crippen LogP contribution in [-0.4, -0.2) is 10.8 Å². The lowest BCUT2D eigenvalue weighted by Gasteiger charge is -2.11. The number of carbonyl (C=O) groups excluding carboxylic acids is 1. The average molecular weight is 390 g/mol. The molecule has 0 saturated heterocycles. The van der Waals surface area contributed by atoms with E-state index in [4.69, 9.17) is 21.1 Å². The van der Waals surface area contributed by atoms with Gasteiger partial charge < -0.3 is 9.47 Å². The molecule has 0 aliphatic carbocycles. The number of benzene rings is 3. The van der Waals surface area contributed by atoms with Gasteiger partial charge in [0.15, 0.2) is 5.78 Å². The number of hydrogen-bond donors (Lipinski definition) is 0. The van der Waals surface area contributed by atoms with Crippen molar-refractivity contribution in [3.8, 4) is 23.0 Å². The second-order valence-corrected chi connectivity index (χ2v) is 6.67. The Morgan fingerprint density at radius 1 is 0.857 bits per heavy atom. The number of halogens is 1. The van der Waals surface area contributed by atoms with Crippen molar-refractivity contribution in [2.75, 3.05) is 0 Å². The normalized spacial score (nSPS) is 10.6. The Morgan fingerprint density at radius 3 is 2.36 bits per heavy atom. The Morgan fingerprint density at radius 2 is 1.61 bits per heavy atom. The van der Waals surface area contributed by atoms with E-state index < -0.39 is 0 Å². The van der Waals surface area contributed by atoms with E-state index in [1.807, 2.05) is 42.5 Å². The maximum atomic E-state index is 11.5. The van der Waals surface area contributed by atoms with Crippen LogP contribution in [0.1, 0.15) is 17.3 Å². The SMILES string of the molecule is CC(=O)c1ccc2cc(Oc3ccc(Oc4cccnc4)cc3Cl)ccc2c1. The molecular weight excluding hydrogens is 374 g/mol. The van der Waals surface area contributed by atoms with Crippen molar-refractivity contribution >= 4 is 28.2 Å². The molecule has 4 nitrogen and oxygen atoms in total. The standard InChI is InChI=1S/C23H16ClNO3/c1-15(26)16-4-5-18-12-19(7-6-17(18)11-16)28-23-9-8-20(13-22(23)24)27-21-3-2-10-25-14-21/h2-14H,1H3. The molecule has 0 unspecified atom stereocenters. The second-order valence-electron chi connectivity index (χ2n) is 6.27. The van der Waals surface area contributed by atoms with Crippen LogP contribution < -0.4 is 9.47 Å². The number of carbonyl (C=O) groups is 1. The van der Waals surface area contributed by atoms with Crippen molar-refractivity contribution in [2.45, 2.75) is 6.92 Å². The smallest absolute Gasteiger partial charge is 0.159 e. The number of aromatic nitrogens is 1. The molecule has 0 spiro atoms. The van der Waals surface area contributed by atoms with E-state index in [0.717, 1.165) is 10.8 Å². The van der Waals surface area contributed by atoms with Crippen molar-refractivity contribution in [1.29, 1.82) is 0 Å². The Hall–Kier alpha value is -3.37. The molecule has 138 valence electrons. The molecule has 0 atom stereocenters. The Labute approximate surface area is 167 Å². The van der Waals surface area contributed by atoms with Gasteiger partial charge in [-0.05, 0) is 60.2 Å². The van der Waals surface area contributed by atoms with E-state index in [2.05, 4.69) is 4.98 Å². The van der Waals surface area contributed by atoms with Gasteiger partial charge in [-0.1, -0.05) is 29.8 Å². The molecule has 0 N–H and O–H groups in total. The third kappa shape index (κ3) is 3.97. The van der Waals surface area contributed by atoms with Gasteiger partial charge in [-0.25, -0.2) is 0 Å². The van der Waals surface area contributed by atoms with Gasteiger partial charge in [0.1, 0.15) is 23.0 Å². The van der Waals surface area contributed by atoms with Crippen molar-refractivity contribution in [3.63, 3.8) is 0 Å². The number of nitrogens with zero attached hydrogens (tertiary/aromatic N) is 1. The highest BCUT2D eigenvalue weighted by Crippen LogP contribution is 2.35. The molecule has 3 aromatic carbocycles. The van der Waals surface area contributed by atoms with Gasteiger partial charge in [-0.2, -0.15) is 0 Å². The van der Waals surface area contributed by atoms with Crippen LogP contribution in [0.4, 0.5) is 0 Å². The van der Waals surface area contributed by atoms with Crippen LogP contribution in [0, 0.1) is 0 Å². The number of fused-ring (bicyclic) bond motifs is 1. The van der Waals surface area contributed by atoms with Crippen molar-refractivity contribution in [1.82, 2.24) is 4.98 Å². The topological polar surface area (TPSA) is 48.4 Å². The molecule has 1 aromatic heterocycles. The minimum absolute atomic E-state index is 0.0441. The molecular formula is C23H16ClNO3. The summed E-state index contributed by atoms with van der Waals surface area (Å²) in [6.45, 7) is 1.56. The first kappa shape index (κ1) is 18.0. The van der Waals surface area contributed by atoms with Crippen molar-refractivity contribution in [3.05, 3.63) is 89.7 Å². The van der Waals surface area contributed by atoms with Crippen LogP contribution in [0.3, 0.4) is 0 Å². The third-order valence-electron chi connectivity index (χ3n) is 4.22. The number of ether oxygens (including phenoxy) is 2. The molecule has 4 aromatic rings. The molecule has 1 heterocycles. The van der Waals surface area contributed by atoms with E-state index in [1.165, 1.54) is 0 Å². The second kappa shape index (κ2) is 7.71. The van der Waals surface area contributed by atoms with Gasteiger partial charge in [0.2, 0.25) is 0 Å². The summed E-state index contributed by atoms with van der Waals surface area (Å²) in [7, 11) is 0. The molecule has 0 saturated carbocycles. The summed E-state index contributed by atoms with van der Waals surface area (Å²) in [4.78, 5) is 15.5. The van der Waals surface area contributed by atoms with E-state index >= 15 is 0 Å². The molecule has 0 aliphatic heterocycles. The summed E-state index contributed by atoms with van der Waals surface area (Å²) in [6, 6.07) is 20.1. The van der Waals surface area contributed by atoms with E-state index in [1.54, 1.807) is 43.6 Å². The zero-order valence-electron chi connectivity index (χ0n) is 15.1. The maximum Gasteiger partial charge on any atom is 0.159 e. The van der Waals surface area contributed by atoms with Crippen molar-refractivity contribution < 1.29 is 14.3 Å². The lowest BCUT2D eigenvalue weighted by molar-refractivity contribution is 0.101. The van der Waals surface area contributed by atoms with Gasteiger partial charge in [-0.3, -0.25) is 9.78 Å². The quantitative estimate of drug-likeness (QED) is 0.357. The maximum absolute atomic E-state index is 11.5. The first-order chi connectivity index (χ1) is 13.6. The highest BCUT2D eigenvalue weighted by atomic mass is 35.5. The molecule has 0 fully saturated rings. The fourth-order valence-electron chi connectivity index (χ4n) is 2.80. The Balaban J connectivity index is 1.55. The summed E-state index contributed by atoms with van der Waals surface area (Å²) in [5.41, 5.74) is 0.688. The minimum atomic E-state index is 0.0441. The summed E-state index contributed by atoms with van der Waals surface area (Å²) < 4.78 is 11.7. The average Bonchev–Trinajstić information content (AvgIpc) is 2.70. The lowest BCUT2D eigenvalue weighted by Crippen LogP contribution is -1.91. The molecule has 0 aliphatic rings. The largest absolute Gasteiger partial charge is 0.456 e. The zero-order chi connectivity index (χ0) is 19.5. The van der Waals surface area contributed by atoms with Gasteiger partial charge >= 0.3 is 0 Å². The molecule has 4 rings (SSSR count). The predicted molar refractivity (Wildman–Crippen MR) is 110 cm³/mol. The monoisotopic (exact) mass is 389 g/mol. The van der Waals surface area contributed by atoms with E-state index in [9.17, 15) is 4.79 Å². The summed E-state index contributed by atoms with van der Waals surface area (Å²) >= 11 is 6.36. The van der Waals surface area contributed by atoms with Crippen LogP contribution in [0.5, 0.6) is 23.0 Å². The first-order valence-electron chi connectivity index (χ1n) is 8.68. The zero-order valence-corrected chi connectivity index (χ0v) is 15.8. The number of pyridine rings is 1. The molecule has 0 radical (unpaired) electrons. The number of ketones is 1. The van der Waals surface area contributed by atoms with Crippen LogP contribution in [0.25, 0.3) is 10.8 Å². The summed E-state index contributed by atoms with van der Waals surface area (Å²) in [5, 5.41) is 2.40. The Kier molecular flexibility index (Phi) is 4.96. The third-order valence-corrected chi connectivity index (χ3v) is 4.51. The van der Waals surface area contributed by atoms with Gasteiger partial charge in [0, 0.05) is 17.8 Å². The highest BCUT2D eigenvalue weighted by Gasteiger charge is 2.08. The van der Waals surface area contributed by atoms with Gasteiger partial charge in [0.05, 0.1) is 11.2 Å². The van der Waals surface area contributed by atoms with E-state index in [-0.39, 0.29) is 5.78 Å². The fourth-order valence-corrected chi connectivity index (χ4v) is 3.01. The highest BCUT2D eigenvalue weighted by molar-refractivity contribution is 6.32. The lowest BCUT2D eigenvalue weighted by atomic mass is 10.0.